The van der Waals surface area contributed by atoms with Gasteiger partial charge in [0.1, 0.15) is 5.82 Å². The van der Waals surface area contributed by atoms with Crippen molar-refractivity contribution >= 4 is 11.8 Å². The van der Waals surface area contributed by atoms with Crippen molar-refractivity contribution in [1.29, 1.82) is 0 Å². The van der Waals surface area contributed by atoms with Gasteiger partial charge < -0.3 is 10.2 Å². The van der Waals surface area contributed by atoms with Crippen LogP contribution in [0, 0.1) is 5.82 Å². The van der Waals surface area contributed by atoms with Crippen LogP contribution in [0.5, 0.6) is 0 Å². The Morgan fingerprint density at radius 3 is 2.69 bits per heavy atom. The SMILES string of the molecule is CN(C)CCNCCSc1ccccc1F. The van der Waals surface area contributed by atoms with Gasteiger partial charge in [0.15, 0.2) is 0 Å². The molecule has 0 radical (unpaired) electrons. The zero-order valence-electron chi connectivity index (χ0n) is 9.87. The zero-order chi connectivity index (χ0) is 11.8. The van der Waals surface area contributed by atoms with Crippen LogP contribution in [0.3, 0.4) is 0 Å². The van der Waals surface area contributed by atoms with Crippen molar-refractivity contribution in [1.82, 2.24) is 10.2 Å². The highest BCUT2D eigenvalue weighted by atomic mass is 32.2. The third-order valence-corrected chi connectivity index (χ3v) is 3.16. The number of thioether (sulfide) groups is 1. The molecule has 1 aromatic rings. The molecule has 0 aliphatic carbocycles. The Morgan fingerprint density at radius 1 is 1.25 bits per heavy atom. The van der Waals surface area contributed by atoms with Crippen LogP contribution in [-0.4, -0.2) is 44.4 Å². The standard InChI is InChI=1S/C12H19FN2S/c1-15(2)9-7-14-8-10-16-12-6-4-3-5-11(12)13/h3-6,14H,7-10H2,1-2H3. The number of hydrogen-bond acceptors (Lipinski definition) is 3. The molecule has 0 aromatic heterocycles. The monoisotopic (exact) mass is 242 g/mol. The maximum atomic E-state index is 13.2. The average Bonchev–Trinajstić information content (AvgIpc) is 2.25. The Morgan fingerprint density at radius 2 is 2.00 bits per heavy atom. The van der Waals surface area contributed by atoms with E-state index in [1.165, 1.54) is 6.07 Å². The number of rotatable bonds is 7. The summed E-state index contributed by atoms with van der Waals surface area (Å²) in [4.78, 5) is 2.87. The van der Waals surface area contributed by atoms with E-state index in [4.69, 9.17) is 0 Å². The highest BCUT2D eigenvalue weighted by Crippen LogP contribution is 2.20. The molecule has 90 valence electrons. The van der Waals surface area contributed by atoms with Crippen molar-refractivity contribution in [2.45, 2.75) is 4.90 Å². The van der Waals surface area contributed by atoms with Crippen LogP contribution >= 0.6 is 11.8 Å². The normalized spacial score (nSPS) is 11.0. The molecule has 0 heterocycles. The van der Waals surface area contributed by atoms with E-state index in [1.807, 2.05) is 12.1 Å². The molecule has 1 rings (SSSR count). The van der Waals surface area contributed by atoms with Gasteiger partial charge >= 0.3 is 0 Å². The lowest BCUT2D eigenvalue weighted by molar-refractivity contribution is 0.403. The lowest BCUT2D eigenvalue weighted by Gasteiger charge is -2.10. The van der Waals surface area contributed by atoms with Crippen molar-refractivity contribution in [3.8, 4) is 0 Å². The number of benzene rings is 1. The summed E-state index contributed by atoms with van der Waals surface area (Å²) >= 11 is 1.55. The topological polar surface area (TPSA) is 15.3 Å². The summed E-state index contributed by atoms with van der Waals surface area (Å²) in [5, 5.41) is 3.32. The number of nitrogens with zero attached hydrogens (tertiary/aromatic N) is 1. The number of hydrogen-bond donors (Lipinski definition) is 1. The molecular formula is C12H19FN2S. The van der Waals surface area contributed by atoms with Gasteiger partial charge in [-0.25, -0.2) is 4.39 Å². The largest absolute Gasteiger partial charge is 0.315 e. The summed E-state index contributed by atoms with van der Waals surface area (Å²) in [6.07, 6.45) is 0. The van der Waals surface area contributed by atoms with Crippen LogP contribution < -0.4 is 5.32 Å². The first kappa shape index (κ1) is 13.5. The summed E-state index contributed by atoms with van der Waals surface area (Å²) in [5.74, 6) is 0.773. The molecule has 0 saturated heterocycles. The highest BCUT2D eigenvalue weighted by molar-refractivity contribution is 7.99. The van der Waals surface area contributed by atoms with Crippen LogP contribution in [0.1, 0.15) is 0 Å². The predicted molar refractivity (Wildman–Crippen MR) is 68.5 cm³/mol. The minimum absolute atomic E-state index is 0.124. The van der Waals surface area contributed by atoms with E-state index < -0.39 is 0 Å². The molecule has 0 saturated carbocycles. The molecule has 2 nitrogen and oxygen atoms in total. The molecule has 0 unspecified atom stereocenters. The third kappa shape index (κ3) is 5.49. The minimum Gasteiger partial charge on any atom is -0.315 e. The molecule has 0 fully saturated rings. The first-order valence-electron chi connectivity index (χ1n) is 5.43. The molecule has 16 heavy (non-hydrogen) atoms. The molecule has 1 aromatic carbocycles. The molecule has 0 aliphatic heterocycles. The van der Waals surface area contributed by atoms with E-state index >= 15 is 0 Å². The molecule has 0 amide bonds. The van der Waals surface area contributed by atoms with Crippen molar-refractivity contribution < 1.29 is 4.39 Å². The zero-order valence-corrected chi connectivity index (χ0v) is 10.7. The maximum absolute atomic E-state index is 13.2. The summed E-state index contributed by atoms with van der Waals surface area (Å²) < 4.78 is 13.2. The second-order valence-corrected chi connectivity index (χ2v) is 4.97. The Balaban J connectivity index is 2.10. The maximum Gasteiger partial charge on any atom is 0.136 e. The molecule has 0 atom stereocenters. The number of halogens is 1. The fourth-order valence-corrected chi connectivity index (χ4v) is 2.07. The van der Waals surface area contributed by atoms with Gasteiger partial charge in [-0.1, -0.05) is 12.1 Å². The summed E-state index contributed by atoms with van der Waals surface area (Å²) in [6.45, 7) is 2.92. The fourth-order valence-electron chi connectivity index (χ4n) is 1.22. The van der Waals surface area contributed by atoms with Gasteiger partial charge in [-0.05, 0) is 26.2 Å². The van der Waals surface area contributed by atoms with Crippen molar-refractivity contribution in [2.75, 3.05) is 39.5 Å². The fraction of sp³-hybridized carbons (Fsp3) is 0.500. The summed E-state index contributed by atoms with van der Waals surface area (Å²) in [5.41, 5.74) is 0. The second kappa shape index (κ2) is 7.65. The first-order valence-corrected chi connectivity index (χ1v) is 6.41. The van der Waals surface area contributed by atoms with Crippen molar-refractivity contribution in [3.63, 3.8) is 0 Å². The minimum atomic E-state index is -0.124. The van der Waals surface area contributed by atoms with Gasteiger partial charge in [-0.3, -0.25) is 0 Å². The van der Waals surface area contributed by atoms with Crippen LogP contribution in [-0.2, 0) is 0 Å². The van der Waals surface area contributed by atoms with E-state index in [1.54, 1.807) is 17.8 Å². The van der Waals surface area contributed by atoms with Gasteiger partial charge in [0.25, 0.3) is 0 Å². The van der Waals surface area contributed by atoms with Gasteiger partial charge in [0.2, 0.25) is 0 Å². The Bertz CT molecular complexity index is 305. The summed E-state index contributed by atoms with van der Waals surface area (Å²) in [6, 6.07) is 6.90. The second-order valence-electron chi connectivity index (χ2n) is 3.83. The molecule has 4 heteroatoms. The molecular weight excluding hydrogens is 223 g/mol. The Hall–Kier alpha value is -0.580. The first-order chi connectivity index (χ1) is 7.70. The van der Waals surface area contributed by atoms with Gasteiger partial charge in [-0.2, -0.15) is 0 Å². The van der Waals surface area contributed by atoms with E-state index in [9.17, 15) is 4.39 Å². The van der Waals surface area contributed by atoms with Gasteiger partial charge in [0, 0.05) is 30.3 Å². The van der Waals surface area contributed by atoms with E-state index in [2.05, 4.69) is 24.3 Å². The highest BCUT2D eigenvalue weighted by Gasteiger charge is 2.00. The predicted octanol–water partition coefficient (Wildman–Crippen LogP) is 2.07. The molecule has 0 aliphatic rings. The lowest BCUT2D eigenvalue weighted by atomic mass is 10.3. The summed E-state index contributed by atoms with van der Waals surface area (Å²) in [7, 11) is 4.10. The van der Waals surface area contributed by atoms with Gasteiger partial charge in [-0.15, -0.1) is 11.8 Å². The Kier molecular flexibility index (Phi) is 6.45. The molecule has 0 spiro atoms. The molecule has 1 N–H and O–H groups in total. The van der Waals surface area contributed by atoms with E-state index in [0.717, 1.165) is 30.3 Å². The van der Waals surface area contributed by atoms with Crippen molar-refractivity contribution in [3.05, 3.63) is 30.1 Å². The van der Waals surface area contributed by atoms with E-state index in [-0.39, 0.29) is 5.82 Å². The lowest BCUT2D eigenvalue weighted by Crippen LogP contribution is -2.27. The molecule has 0 bridgehead atoms. The third-order valence-electron chi connectivity index (χ3n) is 2.11. The van der Waals surface area contributed by atoms with Crippen LogP contribution in [0.15, 0.2) is 29.2 Å². The number of nitrogens with one attached hydrogen (secondary N) is 1. The Labute approximate surface area is 101 Å². The van der Waals surface area contributed by atoms with Crippen molar-refractivity contribution in [2.24, 2.45) is 0 Å². The van der Waals surface area contributed by atoms with Gasteiger partial charge in [0.05, 0.1) is 0 Å². The smallest absolute Gasteiger partial charge is 0.136 e. The van der Waals surface area contributed by atoms with Crippen LogP contribution in [0.25, 0.3) is 0 Å². The number of likely N-dealkylation sites (N-methyl/N-ethyl adjacent to an activating group) is 1. The average molecular weight is 242 g/mol. The van der Waals surface area contributed by atoms with E-state index in [0.29, 0.717) is 0 Å². The van der Waals surface area contributed by atoms with Crippen LogP contribution in [0.4, 0.5) is 4.39 Å². The van der Waals surface area contributed by atoms with Crippen LogP contribution in [0.2, 0.25) is 0 Å². The quantitative estimate of drug-likeness (QED) is 0.582.